The van der Waals surface area contributed by atoms with Crippen LogP contribution in [0.25, 0.3) is 0 Å². The van der Waals surface area contributed by atoms with Gasteiger partial charge in [0.2, 0.25) is 5.91 Å². The summed E-state index contributed by atoms with van der Waals surface area (Å²) in [5, 5.41) is 0.661. The second-order valence-electron chi connectivity index (χ2n) is 6.85. The van der Waals surface area contributed by atoms with Crippen molar-refractivity contribution < 1.29 is 18.3 Å². The number of hydrogen-bond acceptors (Lipinski definition) is 3. The fourth-order valence-electron chi connectivity index (χ4n) is 3.40. The van der Waals surface area contributed by atoms with E-state index >= 15 is 0 Å². The first-order chi connectivity index (χ1) is 13.5. The minimum absolute atomic E-state index is 0.0383. The molecule has 28 heavy (non-hydrogen) atoms. The number of nitrogens with zero attached hydrogens (tertiary/aromatic N) is 2. The van der Waals surface area contributed by atoms with E-state index in [0.29, 0.717) is 24.7 Å². The van der Waals surface area contributed by atoms with Crippen LogP contribution in [0.2, 0.25) is 5.02 Å². The van der Waals surface area contributed by atoms with Crippen LogP contribution in [-0.2, 0) is 17.8 Å². The molecule has 0 saturated carbocycles. The molecule has 4 nitrogen and oxygen atoms in total. The molecule has 7 heteroatoms. The van der Waals surface area contributed by atoms with Gasteiger partial charge in [-0.15, -0.1) is 0 Å². The molecular weight excluding hydrogens is 386 g/mol. The van der Waals surface area contributed by atoms with E-state index in [1.807, 2.05) is 12.1 Å². The Hall–Kier alpha value is -2.18. The van der Waals surface area contributed by atoms with E-state index in [0.717, 1.165) is 42.6 Å². The molecule has 0 N–H and O–H groups in total. The summed E-state index contributed by atoms with van der Waals surface area (Å²) in [5.41, 5.74) is 1.25. The molecule has 0 aliphatic carbocycles. The van der Waals surface area contributed by atoms with Crippen molar-refractivity contribution in [3.8, 4) is 5.75 Å². The molecule has 1 fully saturated rings. The zero-order valence-corrected chi connectivity index (χ0v) is 16.5. The Labute approximate surface area is 168 Å². The van der Waals surface area contributed by atoms with Gasteiger partial charge in [0.05, 0.1) is 7.11 Å². The van der Waals surface area contributed by atoms with Crippen molar-refractivity contribution in [3.63, 3.8) is 0 Å². The van der Waals surface area contributed by atoms with Crippen LogP contribution in [0, 0.1) is 11.6 Å². The zero-order chi connectivity index (χ0) is 20.1. The first-order valence-electron chi connectivity index (χ1n) is 9.22. The molecule has 1 saturated heterocycles. The van der Waals surface area contributed by atoms with Crippen LogP contribution in [-0.4, -0.2) is 49.0 Å². The topological polar surface area (TPSA) is 32.8 Å². The van der Waals surface area contributed by atoms with Crippen LogP contribution in [0.5, 0.6) is 5.75 Å². The van der Waals surface area contributed by atoms with Gasteiger partial charge in [0.1, 0.15) is 17.4 Å². The van der Waals surface area contributed by atoms with Gasteiger partial charge in [-0.3, -0.25) is 9.69 Å². The highest BCUT2D eigenvalue weighted by Crippen LogP contribution is 2.24. The molecule has 0 atom stereocenters. The minimum Gasteiger partial charge on any atom is -0.496 e. The summed E-state index contributed by atoms with van der Waals surface area (Å²) in [5.74, 6) is -0.216. The fraction of sp³-hybridized carbons (Fsp3) is 0.381. The van der Waals surface area contributed by atoms with Crippen molar-refractivity contribution >= 4 is 17.5 Å². The number of piperazine rings is 1. The maximum absolute atomic E-state index is 13.7. The average Bonchev–Trinajstić information content (AvgIpc) is 2.69. The van der Waals surface area contributed by atoms with Gasteiger partial charge in [0, 0.05) is 49.7 Å². The van der Waals surface area contributed by atoms with Crippen LogP contribution < -0.4 is 4.74 Å². The van der Waals surface area contributed by atoms with Crippen molar-refractivity contribution in [2.45, 2.75) is 19.4 Å². The standard InChI is InChI=1S/C21H23ClF2N2O2/c1-28-20-6-3-17(22)12-16(20)14-25-8-10-26(11-9-25)21(27)7-2-15-13-18(23)4-5-19(15)24/h3-6,12-13H,2,7-11,14H2,1H3. The lowest BCUT2D eigenvalue weighted by atomic mass is 10.1. The zero-order valence-electron chi connectivity index (χ0n) is 15.8. The summed E-state index contributed by atoms with van der Waals surface area (Å²) in [6, 6.07) is 8.86. The number of carbonyl (C=O) groups excluding carboxylic acids is 1. The van der Waals surface area contributed by atoms with Gasteiger partial charge in [-0.05, 0) is 48.4 Å². The second-order valence-corrected chi connectivity index (χ2v) is 7.29. The molecule has 0 bridgehead atoms. The molecule has 1 amide bonds. The van der Waals surface area contributed by atoms with Gasteiger partial charge >= 0.3 is 0 Å². The highest BCUT2D eigenvalue weighted by Gasteiger charge is 2.22. The Morgan fingerprint density at radius 2 is 1.82 bits per heavy atom. The SMILES string of the molecule is COc1ccc(Cl)cc1CN1CCN(C(=O)CCc2cc(F)ccc2F)CC1. The van der Waals surface area contributed by atoms with Crippen LogP contribution in [0.15, 0.2) is 36.4 Å². The summed E-state index contributed by atoms with van der Waals surface area (Å²) in [7, 11) is 1.63. The fourth-order valence-corrected chi connectivity index (χ4v) is 3.60. The Kier molecular flexibility index (Phi) is 6.86. The molecule has 0 spiro atoms. The van der Waals surface area contributed by atoms with Crippen molar-refractivity contribution in [2.24, 2.45) is 0 Å². The number of amides is 1. The molecule has 2 aromatic rings. The monoisotopic (exact) mass is 408 g/mol. The number of aryl methyl sites for hydroxylation is 1. The number of carbonyl (C=O) groups is 1. The second kappa shape index (κ2) is 9.34. The number of rotatable bonds is 6. The lowest BCUT2D eigenvalue weighted by Gasteiger charge is -2.35. The molecular formula is C21H23ClF2N2O2. The van der Waals surface area contributed by atoms with Crippen LogP contribution in [0.1, 0.15) is 17.5 Å². The Morgan fingerprint density at radius 3 is 2.54 bits per heavy atom. The van der Waals surface area contributed by atoms with Crippen molar-refractivity contribution in [3.05, 3.63) is 64.2 Å². The summed E-state index contributed by atoms with van der Waals surface area (Å²) in [6.07, 6.45) is 0.366. The molecule has 0 radical (unpaired) electrons. The largest absolute Gasteiger partial charge is 0.496 e. The van der Waals surface area contributed by atoms with Gasteiger partial charge in [-0.25, -0.2) is 8.78 Å². The molecule has 1 aliphatic rings. The molecule has 1 heterocycles. The smallest absolute Gasteiger partial charge is 0.222 e. The molecule has 3 rings (SSSR count). The van der Waals surface area contributed by atoms with E-state index < -0.39 is 11.6 Å². The lowest BCUT2D eigenvalue weighted by Crippen LogP contribution is -2.48. The number of ether oxygens (including phenoxy) is 1. The van der Waals surface area contributed by atoms with Gasteiger partial charge in [0.25, 0.3) is 0 Å². The molecule has 150 valence electrons. The molecule has 2 aromatic carbocycles. The van der Waals surface area contributed by atoms with E-state index in [1.54, 1.807) is 18.1 Å². The summed E-state index contributed by atoms with van der Waals surface area (Å²) >= 11 is 6.09. The molecule has 0 aromatic heterocycles. The van der Waals surface area contributed by atoms with Crippen molar-refractivity contribution in [1.29, 1.82) is 0 Å². The van der Waals surface area contributed by atoms with Crippen LogP contribution >= 0.6 is 11.6 Å². The number of benzene rings is 2. The number of halogens is 3. The van der Waals surface area contributed by atoms with Gasteiger partial charge < -0.3 is 9.64 Å². The quantitative estimate of drug-likeness (QED) is 0.726. The average molecular weight is 409 g/mol. The normalized spacial score (nSPS) is 14.9. The summed E-state index contributed by atoms with van der Waals surface area (Å²) < 4.78 is 32.3. The highest BCUT2D eigenvalue weighted by atomic mass is 35.5. The Morgan fingerprint density at radius 1 is 1.07 bits per heavy atom. The van der Waals surface area contributed by atoms with Gasteiger partial charge in [-0.2, -0.15) is 0 Å². The highest BCUT2D eigenvalue weighted by molar-refractivity contribution is 6.30. The summed E-state index contributed by atoms with van der Waals surface area (Å²) in [6.45, 7) is 3.37. The number of hydrogen-bond donors (Lipinski definition) is 0. The van der Waals surface area contributed by atoms with Crippen molar-refractivity contribution in [2.75, 3.05) is 33.3 Å². The number of methoxy groups -OCH3 is 1. The third kappa shape index (κ3) is 5.20. The van der Waals surface area contributed by atoms with Gasteiger partial charge in [0.15, 0.2) is 0 Å². The third-order valence-electron chi connectivity index (χ3n) is 4.98. The first-order valence-corrected chi connectivity index (χ1v) is 9.60. The predicted molar refractivity (Wildman–Crippen MR) is 105 cm³/mol. The Bertz CT molecular complexity index is 839. The van der Waals surface area contributed by atoms with E-state index in [9.17, 15) is 13.6 Å². The van der Waals surface area contributed by atoms with Gasteiger partial charge in [-0.1, -0.05) is 11.6 Å². The first kappa shape index (κ1) is 20.6. The van der Waals surface area contributed by atoms with E-state index in [4.69, 9.17) is 16.3 Å². The molecule has 1 aliphatic heterocycles. The summed E-state index contributed by atoms with van der Waals surface area (Å²) in [4.78, 5) is 16.5. The third-order valence-corrected chi connectivity index (χ3v) is 5.21. The molecule has 0 unspecified atom stereocenters. The van der Waals surface area contributed by atoms with E-state index in [1.165, 1.54) is 0 Å². The van der Waals surface area contributed by atoms with Crippen molar-refractivity contribution in [1.82, 2.24) is 9.80 Å². The maximum atomic E-state index is 13.7. The van der Waals surface area contributed by atoms with E-state index in [-0.39, 0.29) is 24.3 Å². The Balaban J connectivity index is 1.50. The lowest BCUT2D eigenvalue weighted by molar-refractivity contribution is -0.133. The predicted octanol–water partition coefficient (Wildman–Crippen LogP) is 3.90. The van der Waals surface area contributed by atoms with Crippen LogP contribution in [0.4, 0.5) is 8.78 Å². The van der Waals surface area contributed by atoms with E-state index in [2.05, 4.69) is 4.90 Å². The van der Waals surface area contributed by atoms with Crippen LogP contribution in [0.3, 0.4) is 0 Å². The maximum Gasteiger partial charge on any atom is 0.222 e. The minimum atomic E-state index is -0.492.